The Bertz CT molecular complexity index is 379. The SMILES string of the molecule is COC(=O)C(C)(O)CNc1ccccc1F. The number of benzene rings is 1. The first-order chi connectivity index (χ1) is 7.47. The lowest BCUT2D eigenvalue weighted by molar-refractivity contribution is -0.158. The summed E-state index contributed by atoms with van der Waals surface area (Å²) in [5, 5.41) is 12.3. The summed E-state index contributed by atoms with van der Waals surface area (Å²) in [6.45, 7) is 1.17. The lowest BCUT2D eigenvalue weighted by atomic mass is 10.1. The first kappa shape index (κ1) is 12.4. The fraction of sp³-hybridized carbons (Fsp3) is 0.364. The highest BCUT2D eigenvalue weighted by Crippen LogP contribution is 2.14. The molecular weight excluding hydrogens is 213 g/mol. The van der Waals surface area contributed by atoms with Crippen molar-refractivity contribution in [2.45, 2.75) is 12.5 Å². The van der Waals surface area contributed by atoms with Crippen molar-refractivity contribution < 1.29 is 19.0 Å². The molecule has 1 atom stereocenters. The van der Waals surface area contributed by atoms with Gasteiger partial charge in [-0.25, -0.2) is 9.18 Å². The molecule has 0 spiro atoms. The van der Waals surface area contributed by atoms with Gasteiger partial charge in [-0.2, -0.15) is 0 Å². The molecule has 16 heavy (non-hydrogen) atoms. The summed E-state index contributed by atoms with van der Waals surface area (Å²) < 4.78 is 17.6. The van der Waals surface area contributed by atoms with Gasteiger partial charge in [0.25, 0.3) is 0 Å². The van der Waals surface area contributed by atoms with Crippen LogP contribution in [-0.4, -0.2) is 30.3 Å². The molecule has 0 aromatic heterocycles. The summed E-state index contributed by atoms with van der Waals surface area (Å²) in [6.07, 6.45) is 0. The minimum Gasteiger partial charge on any atom is -0.467 e. The molecule has 1 aromatic rings. The fourth-order valence-electron chi connectivity index (χ4n) is 1.16. The van der Waals surface area contributed by atoms with Crippen LogP contribution in [0.2, 0.25) is 0 Å². The summed E-state index contributed by atoms with van der Waals surface area (Å²) in [6, 6.07) is 6.01. The molecule has 0 aliphatic heterocycles. The molecule has 0 aliphatic carbocycles. The van der Waals surface area contributed by atoms with E-state index in [4.69, 9.17) is 0 Å². The molecule has 0 bridgehead atoms. The minimum absolute atomic E-state index is 0.124. The number of hydrogen-bond donors (Lipinski definition) is 2. The van der Waals surface area contributed by atoms with Gasteiger partial charge in [0.05, 0.1) is 19.3 Å². The molecule has 1 rings (SSSR count). The van der Waals surface area contributed by atoms with E-state index in [0.717, 1.165) is 0 Å². The van der Waals surface area contributed by atoms with Crippen molar-refractivity contribution in [3.8, 4) is 0 Å². The quantitative estimate of drug-likeness (QED) is 0.758. The third kappa shape index (κ3) is 2.93. The van der Waals surface area contributed by atoms with E-state index < -0.39 is 17.4 Å². The first-order valence-electron chi connectivity index (χ1n) is 4.76. The van der Waals surface area contributed by atoms with E-state index in [0.29, 0.717) is 0 Å². The van der Waals surface area contributed by atoms with Crippen molar-refractivity contribution in [3.05, 3.63) is 30.1 Å². The second kappa shape index (κ2) is 4.94. The van der Waals surface area contributed by atoms with Crippen LogP contribution in [0.15, 0.2) is 24.3 Å². The maximum atomic E-state index is 13.2. The van der Waals surface area contributed by atoms with Crippen molar-refractivity contribution in [3.63, 3.8) is 0 Å². The zero-order valence-corrected chi connectivity index (χ0v) is 9.16. The molecule has 88 valence electrons. The predicted octanol–water partition coefficient (Wildman–Crippen LogP) is 1.16. The van der Waals surface area contributed by atoms with Crippen LogP contribution in [0.1, 0.15) is 6.92 Å². The van der Waals surface area contributed by atoms with E-state index in [1.807, 2.05) is 0 Å². The van der Waals surface area contributed by atoms with Crippen molar-refractivity contribution in [1.82, 2.24) is 0 Å². The maximum Gasteiger partial charge on any atom is 0.339 e. The number of rotatable bonds is 4. The fourth-order valence-corrected chi connectivity index (χ4v) is 1.16. The molecule has 0 saturated carbocycles. The van der Waals surface area contributed by atoms with Crippen molar-refractivity contribution in [2.24, 2.45) is 0 Å². The molecule has 0 amide bonds. The number of anilines is 1. The Balaban J connectivity index is 2.65. The topological polar surface area (TPSA) is 58.6 Å². The number of halogens is 1. The highest BCUT2D eigenvalue weighted by atomic mass is 19.1. The highest BCUT2D eigenvalue weighted by Gasteiger charge is 2.31. The molecule has 1 unspecified atom stereocenters. The molecule has 0 heterocycles. The lowest BCUT2D eigenvalue weighted by Crippen LogP contribution is -2.42. The summed E-state index contributed by atoms with van der Waals surface area (Å²) in [5.74, 6) is -1.21. The van der Waals surface area contributed by atoms with Crippen molar-refractivity contribution >= 4 is 11.7 Å². The van der Waals surface area contributed by atoms with Gasteiger partial charge in [-0.3, -0.25) is 0 Å². The Labute approximate surface area is 93.0 Å². The second-order valence-electron chi connectivity index (χ2n) is 3.60. The van der Waals surface area contributed by atoms with E-state index in [9.17, 15) is 14.3 Å². The van der Waals surface area contributed by atoms with Crippen molar-refractivity contribution in [1.29, 1.82) is 0 Å². The predicted molar refractivity (Wildman–Crippen MR) is 57.5 cm³/mol. The smallest absolute Gasteiger partial charge is 0.339 e. The summed E-state index contributed by atoms with van der Waals surface area (Å²) >= 11 is 0. The number of carbonyl (C=O) groups excluding carboxylic acids is 1. The Kier molecular flexibility index (Phi) is 3.84. The minimum atomic E-state index is -1.68. The first-order valence-corrected chi connectivity index (χ1v) is 4.76. The van der Waals surface area contributed by atoms with Crippen LogP contribution in [0.5, 0.6) is 0 Å². The van der Waals surface area contributed by atoms with Gasteiger partial charge in [0.1, 0.15) is 5.82 Å². The number of nitrogens with one attached hydrogen (secondary N) is 1. The van der Waals surface area contributed by atoms with Gasteiger partial charge in [0.2, 0.25) is 0 Å². The summed E-state index contributed by atoms with van der Waals surface area (Å²) in [4.78, 5) is 11.1. The number of carbonyl (C=O) groups is 1. The normalized spacial score (nSPS) is 14.0. The van der Waals surface area contributed by atoms with E-state index in [2.05, 4.69) is 10.1 Å². The zero-order chi connectivity index (χ0) is 12.2. The third-order valence-corrected chi connectivity index (χ3v) is 2.12. The number of esters is 1. The Morgan fingerprint density at radius 2 is 2.19 bits per heavy atom. The third-order valence-electron chi connectivity index (χ3n) is 2.12. The van der Waals surface area contributed by atoms with Gasteiger partial charge >= 0.3 is 5.97 Å². The maximum absolute atomic E-state index is 13.2. The van der Waals surface area contributed by atoms with Crippen LogP contribution in [0, 0.1) is 5.82 Å². The molecule has 0 fully saturated rings. The number of ether oxygens (including phenoxy) is 1. The molecule has 5 heteroatoms. The van der Waals surface area contributed by atoms with Gasteiger partial charge in [0, 0.05) is 0 Å². The molecule has 4 nitrogen and oxygen atoms in total. The average Bonchev–Trinajstić information content (AvgIpc) is 2.27. The number of para-hydroxylation sites is 1. The van der Waals surface area contributed by atoms with Gasteiger partial charge in [-0.15, -0.1) is 0 Å². The zero-order valence-electron chi connectivity index (χ0n) is 9.16. The van der Waals surface area contributed by atoms with E-state index in [1.165, 1.54) is 26.2 Å². The van der Waals surface area contributed by atoms with Crippen LogP contribution in [0.4, 0.5) is 10.1 Å². The molecule has 1 aromatic carbocycles. The number of aliphatic hydroxyl groups is 1. The molecule has 2 N–H and O–H groups in total. The van der Waals surface area contributed by atoms with Crippen LogP contribution in [-0.2, 0) is 9.53 Å². The number of hydrogen-bond acceptors (Lipinski definition) is 4. The molecular formula is C11H14FNO3. The Hall–Kier alpha value is -1.62. The Morgan fingerprint density at radius 3 is 2.75 bits per heavy atom. The van der Waals surface area contributed by atoms with Crippen LogP contribution < -0.4 is 5.32 Å². The van der Waals surface area contributed by atoms with Crippen LogP contribution in [0.25, 0.3) is 0 Å². The highest BCUT2D eigenvalue weighted by molar-refractivity contribution is 5.79. The summed E-state index contributed by atoms with van der Waals surface area (Å²) in [7, 11) is 1.18. The van der Waals surface area contributed by atoms with E-state index in [1.54, 1.807) is 12.1 Å². The van der Waals surface area contributed by atoms with E-state index in [-0.39, 0.29) is 12.2 Å². The van der Waals surface area contributed by atoms with Gasteiger partial charge in [-0.05, 0) is 19.1 Å². The molecule has 0 radical (unpaired) electrons. The molecule has 0 saturated heterocycles. The summed E-state index contributed by atoms with van der Waals surface area (Å²) in [5.41, 5.74) is -1.46. The van der Waals surface area contributed by atoms with Gasteiger partial charge in [0.15, 0.2) is 5.60 Å². The largest absolute Gasteiger partial charge is 0.467 e. The van der Waals surface area contributed by atoms with Gasteiger partial charge in [-0.1, -0.05) is 12.1 Å². The van der Waals surface area contributed by atoms with E-state index >= 15 is 0 Å². The monoisotopic (exact) mass is 227 g/mol. The average molecular weight is 227 g/mol. The van der Waals surface area contributed by atoms with Gasteiger partial charge < -0.3 is 15.2 Å². The lowest BCUT2D eigenvalue weighted by Gasteiger charge is -2.21. The van der Waals surface area contributed by atoms with Crippen LogP contribution >= 0.6 is 0 Å². The van der Waals surface area contributed by atoms with Crippen molar-refractivity contribution in [2.75, 3.05) is 19.0 Å². The molecule has 0 aliphatic rings. The number of methoxy groups -OCH3 is 1. The second-order valence-corrected chi connectivity index (χ2v) is 3.60. The standard InChI is InChI=1S/C11H14FNO3/c1-11(15,10(14)16-2)7-13-9-6-4-3-5-8(9)12/h3-6,13,15H,7H2,1-2H3. The Morgan fingerprint density at radius 1 is 1.56 bits per heavy atom. The van der Waals surface area contributed by atoms with Crippen LogP contribution in [0.3, 0.4) is 0 Å².